The molecule has 3 saturated carbocycles. The van der Waals surface area contributed by atoms with E-state index in [1.54, 1.807) is 0 Å². The summed E-state index contributed by atoms with van der Waals surface area (Å²) in [4.78, 5) is 24.7. The van der Waals surface area contributed by atoms with E-state index >= 15 is 0 Å². The molecule has 0 aromatic heterocycles. The van der Waals surface area contributed by atoms with Gasteiger partial charge in [-0.1, -0.05) is 19.4 Å². The molecule has 1 aliphatic heterocycles. The summed E-state index contributed by atoms with van der Waals surface area (Å²) in [6.07, 6.45) is 10.2. The summed E-state index contributed by atoms with van der Waals surface area (Å²) in [5, 5.41) is 0. The van der Waals surface area contributed by atoms with Crippen molar-refractivity contribution in [3.63, 3.8) is 0 Å². The van der Waals surface area contributed by atoms with Gasteiger partial charge in [-0.25, -0.2) is 0 Å². The SMILES string of the molecule is C[C@@H]1O[C@]2(CC[C@H]3[C@@H]4CCC5=CC(=O)CC[C@]5(C)[C@H]4CC[C@@]32C)C1=O. The lowest BCUT2D eigenvalue weighted by atomic mass is 9.46. The number of hydrogen-bond donors (Lipinski definition) is 0. The van der Waals surface area contributed by atoms with Crippen LogP contribution in [-0.4, -0.2) is 23.3 Å². The molecular formula is C22H30O3. The number of carbonyl (C=O) groups is 2. The zero-order chi connectivity index (χ0) is 17.6. The quantitative estimate of drug-likeness (QED) is 0.661. The average molecular weight is 342 g/mol. The molecule has 7 atom stereocenters. The van der Waals surface area contributed by atoms with Crippen LogP contribution in [0.3, 0.4) is 0 Å². The van der Waals surface area contributed by atoms with Crippen molar-refractivity contribution in [1.29, 1.82) is 0 Å². The Kier molecular flexibility index (Phi) is 3.15. The van der Waals surface area contributed by atoms with Gasteiger partial charge in [-0.2, -0.15) is 0 Å². The maximum Gasteiger partial charge on any atom is 0.193 e. The van der Waals surface area contributed by atoms with Gasteiger partial charge >= 0.3 is 0 Å². The van der Waals surface area contributed by atoms with Gasteiger partial charge in [0.05, 0.1) is 0 Å². The predicted molar refractivity (Wildman–Crippen MR) is 95.0 cm³/mol. The highest BCUT2D eigenvalue weighted by atomic mass is 16.6. The van der Waals surface area contributed by atoms with Gasteiger partial charge in [0.15, 0.2) is 11.6 Å². The van der Waals surface area contributed by atoms with Crippen molar-refractivity contribution in [2.45, 2.75) is 83.8 Å². The minimum atomic E-state index is -0.471. The van der Waals surface area contributed by atoms with Gasteiger partial charge in [0.2, 0.25) is 0 Å². The Morgan fingerprint density at radius 3 is 2.48 bits per heavy atom. The van der Waals surface area contributed by atoms with E-state index < -0.39 is 5.60 Å². The van der Waals surface area contributed by atoms with Crippen molar-refractivity contribution in [2.75, 3.05) is 0 Å². The van der Waals surface area contributed by atoms with Gasteiger partial charge in [0.25, 0.3) is 0 Å². The van der Waals surface area contributed by atoms with Crippen LogP contribution >= 0.6 is 0 Å². The maximum atomic E-state index is 12.8. The summed E-state index contributed by atoms with van der Waals surface area (Å²) >= 11 is 0. The zero-order valence-corrected chi connectivity index (χ0v) is 15.8. The number of fused-ring (bicyclic) bond motifs is 6. The van der Waals surface area contributed by atoms with E-state index in [2.05, 4.69) is 13.8 Å². The zero-order valence-electron chi connectivity index (χ0n) is 15.8. The lowest BCUT2D eigenvalue weighted by molar-refractivity contribution is -0.235. The highest BCUT2D eigenvalue weighted by Gasteiger charge is 2.71. The van der Waals surface area contributed by atoms with E-state index in [1.165, 1.54) is 18.4 Å². The van der Waals surface area contributed by atoms with Crippen LogP contribution in [0.15, 0.2) is 11.6 Å². The molecular weight excluding hydrogens is 312 g/mol. The van der Waals surface area contributed by atoms with Crippen LogP contribution in [0.4, 0.5) is 0 Å². The summed E-state index contributed by atoms with van der Waals surface area (Å²) in [5.41, 5.74) is 1.19. The largest absolute Gasteiger partial charge is 0.356 e. The first-order valence-electron chi connectivity index (χ1n) is 10.3. The van der Waals surface area contributed by atoms with E-state index in [0.717, 1.165) is 32.1 Å². The first-order chi connectivity index (χ1) is 11.8. The van der Waals surface area contributed by atoms with Crippen LogP contribution in [-0.2, 0) is 14.3 Å². The molecule has 4 aliphatic carbocycles. The molecule has 0 radical (unpaired) electrons. The van der Waals surface area contributed by atoms with Crippen LogP contribution in [0.25, 0.3) is 0 Å². The summed E-state index contributed by atoms with van der Waals surface area (Å²) in [5.74, 6) is 2.68. The number of Topliss-reactive ketones (excluding diaryl/α,β-unsaturated/α-hetero) is 1. The summed E-state index contributed by atoms with van der Waals surface area (Å²) in [6.45, 7) is 6.68. The Hall–Kier alpha value is -0.960. The Balaban J connectivity index is 1.49. The molecule has 0 amide bonds. The average Bonchev–Trinajstić information content (AvgIpc) is 2.90. The predicted octanol–water partition coefficient (Wildman–Crippen LogP) is 4.24. The van der Waals surface area contributed by atoms with E-state index in [4.69, 9.17) is 4.74 Å². The van der Waals surface area contributed by atoms with Crippen LogP contribution in [0, 0.1) is 28.6 Å². The van der Waals surface area contributed by atoms with E-state index in [-0.39, 0.29) is 16.9 Å². The van der Waals surface area contributed by atoms with Crippen molar-refractivity contribution in [2.24, 2.45) is 28.6 Å². The molecule has 25 heavy (non-hydrogen) atoms. The second-order valence-electron chi connectivity index (χ2n) is 9.92. The molecule has 5 aliphatic rings. The number of carbonyl (C=O) groups excluding carboxylic acids is 2. The monoisotopic (exact) mass is 342 g/mol. The Morgan fingerprint density at radius 2 is 1.76 bits per heavy atom. The van der Waals surface area contributed by atoms with Crippen LogP contribution in [0.2, 0.25) is 0 Å². The van der Waals surface area contributed by atoms with Crippen molar-refractivity contribution < 1.29 is 14.3 Å². The molecule has 1 spiro atoms. The molecule has 136 valence electrons. The normalized spacial score (nSPS) is 54.4. The topological polar surface area (TPSA) is 43.4 Å². The molecule has 3 nitrogen and oxygen atoms in total. The molecule has 0 bridgehead atoms. The number of allylic oxidation sites excluding steroid dienone is 1. The Morgan fingerprint density at radius 1 is 1.00 bits per heavy atom. The fraction of sp³-hybridized carbons (Fsp3) is 0.818. The van der Waals surface area contributed by atoms with Gasteiger partial charge in [-0.15, -0.1) is 0 Å². The van der Waals surface area contributed by atoms with E-state index in [9.17, 15) is 9.59 Å². The molecule has 5 rings (SSSR count). The van der Waals surface area contributed by atoms with Gasteiger partial charge < -0.3 is 4.74 Å². The molecule has 1 saturated heterocycles. The molecule has 0 aromatic carbocycles. The Labute approximate surface area is 150 Å². The number of rotatable bonds is 0. The molecule has 0 aromatic rings. The highest BCUT2D eigenvalue weighted by molar-refractivity contribution is 5.97. The third-order valence-electron chi connectivity index (χ3n) is 9.23. The summed E-state index contributed by atoms with van der Waals surface area (Å²) in [6, 6.07) is 0. The fourth-order valence-electron chi connectivity index (χ4n) is 7.84. The second-order valence-corrected chi connectivity index (χ2v) is 9.92. The minimum absolute atomic E-state index is 0.0276. The fourth-order valence-corrected chi connectivity index (χ4v) is 7.84. The van der Waals surface area contributed by atoms with Gasteiger partial charge in [0.1, 0.15) is 11.7 Å². The lowest BCUT2D eigenvalue weighted by Crippen LogP contribution is -2.68. The Bertz CT molecular complexity index is 693. The van der Waals surface area contributed by atoms with Crippen LogP contribution in [0.5, 0.6) is 0 Å². The van der Waals surface area contributed by atoms with Crippen molar-refractivity contribution in [3.05, 3.63) is 11.6 Å². The second kappa shape index (κ2) is 4.85. The van der Waals surface area contributed by atoms with Crippen LogP contribution < -0.4 is 0 Å². The highest BCUT2D eigenvalue weighted by Crippen LogP contribution is 2.70. The third kappa shape index (κ3) is 1.76. The maximum absolute atomic E-state index is 12.8. The standard InChI is InChI=1S/C22H30O3/c1-13-19(24)22(25-13)11-8-18-16-5-4-14-12-15(23)6-9-20(14,2)17(16)7-10-21(18,22)3/h12-13,16-18H,4-11H2,1-3H3/t13-,16+,17-,18-,20-,21-,22+/m0/s1. The lowest BCUT2D eigenvalue weighted by Gasteiger charge is -2.61. The number of ketones is 2. The number of ether oxygens (including phenoxy) is 1. The minimum Gasteiger partial charge on any atom is -0.356 e. The van der Waals surface area contributed by atoms with E-state index in [1.807, 2.05) is 13.0 Å². The molecule has 3 heteroatoms. The molecule has 0 unspecified atom stereocenters. The summed E-state index contributed by atoms with van der Waals surface area (Å²) < 4.78 is 6.19. The first kappa shape index (κ1) is 16.2. The smallest absolute Gasteiger partial charge is 0.193 e. The van der Waals surface area contributed by atoms with Crippen molar-refractivity contribution >= 4 is 11.6 Å². The molecule has 4 fully saturated rings. The molecule has 1 heterocycles. The van der Waals surface area contributed by atoms with Gasteiger partial charge in [-0.3, -0.25) is 9.59 Å². The summed E-state index contributed by atoms with van der Waals surface area (Å²) in [7, 11) is 0. The number of hydrogen-bond acceptors (Lipinski definition) is 3. The van der Waals surface area contributed by atoms with Gasteiger partial charge in [0, 0.05) is 11.8 Å². The van der Waals surface area contributed by atoms with Crippen molar-refractivity contribution in [1.82, 2.24) is 0 Å². The molecule has 0 N–H and O–H groups in total. The van der Waals surface area contributed by atoms with Gasteiger partial charge in [-0.05, 0) is 81.1 Å². The van der Waals surface area contributed by atoms with Crippen LogP contribution in [0.1, 0.15) is 72.1 Å². The van der Waals surface area contributed by atoms with E-state index in [0.29, 0.717) is 35.7 Å². The third-order valence-corrected chi connectivity index (χ3v) is 9.23. The first-order valence-corrected chi connectivity index (χ1v) is 10.3. The van der Waals surface area contributed by atoms with Crippen molar-refractivity contribution in [3.8, 4) is 0 Å².